The van der Waals surface area contributed by atoms with Crippen LogP contribution in [0.3, 0.4) is 0 Å². The number of rotatable bonds is 30. The molecule has 2 aliphatic heterocycles. The van der Waals surface area contributed by atoms with Crippen LogP contribution in [-0.4, -0.2) is 55.8 Å². The van der Waals surface area contributed by atoms with Crippen molar-refractivity contribution in [3.05, 3.63) is 12.1 Å². The fraction of sp³-hybridized carbons (Fsp3) is 0.792. The average Bonchev–Trinajstić information content (AvgIpc) is 3.20. The third kappa shape index (κ3) is 11.7. The molecule has 0 bridgehead atoms. The molecule has 3 amide bonds. The smallest absolute Gasteiger partial charge is 0.304 e. The minimum absolute atomic E-state index is 0.0786. The van der Waals surface area contributed by atoms with E-state index in [2.05, 4.69) is 43.6 Å². The molecule has 59 heavy (non-hydrogen) atoms. The van der Waals surface area contributed by atoms with Crippen LogP contribution in [0.2, 0.25) is 0 Å². The second-order valence-electron chi connectivity index (χ2n) is 18.5. The lowest BCUT2D eigenvalue weighted by molar-refractivity contribution is -0.191. The molecule has 3 aliphatic rings. The number of unbranched alkanes of at least 4 members (excludes halogenated alkanes) is 16. The van der Waals surface area contributed by atoms with E-state index in [1.54, 1.807) is 0 Å². The zero-order valence-corrected chi connectivity index (χ0v) is 37.9. The number of β-lactam (4-membered cyclic amide) rings is 2. The molecular weight excluding hydrogens is 763 g/mol. The fourth-order valence-electron chi connectivity index (χ4n) is 10.9. The van der Waals surface area contributed by atoms with Gasteiger partial charge >= 0.3 is 5.97 Å². The van der Waals surface area contributed by atoms with Crippen LogP contribution in [0.25, 0.3) is 0 Å². The number of carboxylic acids is 1. The summed E-state index contributed by atoms with van der Waals surface area (Å²) >= 11 is 1.12. The number of hydrogen-bond acceptors (Lipinski definition) is 7. The molecular formula is C48H79N3O7S. The van der Waals surface area contributed by atoms with Gasteiger partial charge in [-0.2, -0.15) is 0 Å². The van der Waals surface area contributed by atoms with Crippen molar-refractivity contribution < 1.29 is 34.5 Å². The molecule has 6 N–H and O–H groups in total. The summed E-state index contributed by atoms with van der Waals surface area (Å²) in [5.74, 6) is -1.80. The Hall–Kier alpha value is -2.95. The van der Waals surface area contributed by atoms with Gasteiger partial charge in [-0.3, -0.25) is 19.2 Å². The summed E-state index contributed by atoms with van der Waals surface area (Å²) in [6.07, 6.45) is 26.4. The second-order valence-corrected chi connectivity index (χ2v) is 19.6. The molecule has 1 saturated carbocycles. The van der Waals surface area contributed by atoms with E-state index in [0.29, 0.717) is 24.2 Å². The normalized spacial score (nSPS) is 26.0. The maximum absolute atomic E-state index is 14.7. The average molecular weight is 842 g/mol. The van der Waals surface area contributed by atoms with Crippen molar-refractivity contribution in [3.63, 3.8) is 0 Å². The third-order valence-electron chi connectivity index (χ3n) is 14.3. The van der Waals surface area contributed by atoms with E-state index in [0.717, 1.165) is 127 Å². The first-order valence-electron chi connectivity index (χ1n) is 23.8. The van der Waals surface area contributed by atoms with E-state index in [-0.39, 0.29) is 47.1 Å². The molecule has 2 heterocycles. The van der Waals surface area contributed by atoms with Gasteiger partial charge in [-0.25, -0.2) is 0 Å². The van der Waals surface area contributed by atoms with E-state index in [1.165, 1.54) is 50.7 Å². The number of carbonyl (C=O) groups excluding carboxylic acids is 3. The van der Waals surface area contributed by atoms with Gasteiger partial charge in [0.05, 0.1) is 38.9 Å². The highest BCUT2D eigenvalue weighted by atomic mass is 32.2. The zero-order chi connectivity index (χ0) is 42.9. The lowest BCUT2D eigenvalue weighted by atomic mass is 9.42. The molecule has 0 radical (unpaired) electrons. The number of phenolic OH excluding ortho intramolecular Hbond substituents is 2. The maximum atomic E-state index is 14.7. The van der Waals surface area contributed by atoms with Crippen LogP contribution in [0.1, 0.15) is 207 Å². The number of thioether (sulfide) groups is 1. The monoisotopic (exact) mass is 842 g/mol. The molecule has 10 nitrogen and oxygen atoms in total. The molecule has 1 aromatic carbocycles. The van der Waals surface area contributed by atoms with Crippen molar-refractivity contribution in [2.45, 2.75) is 223 Å². The van der Waals surface area contributed by atoms with Gasteiger partial charge in [0.1, 0.15) is 11.5 Å². The summed E-state index contributed by atoms with van der Waals surface area (Å²) in [6.45, 7) is 8.84. The van der Waals surface area contributed by atoms with Crippen LogP contribution in [0.4, 0.5) is 5.69 Å². The molecule has 11 heteroatoms. The minimum Gasteiger partial charge on any atom is -0.507 e. The van der Waals surface area contributed by atoms with Crippen LogP contribution >= 0.6 is 11.8 Å². The van der Waals surface area contributed by atoms with Crippen molar-refractivity contribution in [2.75, 3.05) is 11.1 Å². The van der Waals surface area contributed by atoms with E-state index < -0.39 is 33.8 Å². The number of aliphatic carboxylic acids is 1. The van der Waals surface area contributed by atoms with Gasteiger partial charge in [0.15, 0.2) is 0 Å². The van der Waals surface area contributed by atoms with Gasteiger partial charge in [0.2, 0.25) is 17.7 Å². The quantitative estimate of drug-likeness (QED) is 0.0146. The van der Waals surface area contributed by atoms with Crippen molar-refractivity contribution in [2.24, 2.45) is 16.7 Å². The van der Waals surface area contributed by atoms with E-state index in [9.17, 15) is 29.4 Å². The number of phenols is 2. The first-order chi connectivity index (χ1) is 28.4. The molecule has 4 atom stereocenters. The number of carboxylic acid groups (broad SMARTS) is 1. The molecule has 1 aliphatic carbocycles. The highest BCUT2D eigenvalue weighted by Gasteiger charge is 2.75. The molecule has 0 aromatic heterocycles. The summed E-state index contributed by atoms with van der Waals surface area (Å²) in [7, 11) is 0. The summed E-state index contributed by atoms with van der Waals surface area (Å²) in [6, 6.07) is 2.69. The van der Waals surface area contributed by atoms with Crippen LogP contribution in [0.5, 0.6) is 11.5 Å². The van der Waals surface area contributed by atoms with Crippen molar-refractivity contribution in [3.8, 4) is 11.5 Å². The van der Waals surface area contributed by atoms with Gasteiger partial charge in [0.25, 0.3) is 0 Å². The van der Waals surface area contributed by atoms with Crippen molar-refractivity contribution in [1.29, 1.82) is 0 Å². The Morgan fingerprint density at radius 1 is 0.644 bits per heavy atom. The maximum Gasteiger partial charge on any atom is 0.304 e. The summed E-state index contributed by atoms with van der Waals surface area (Å²) in [5.41, 5.74) is -2.53. The fourth-order valence-corrected chi connectivity index (χ4v) is 11.8. The summed E-state index contributed by atoms with van der Waals surface area (Å²) in [4.78, 5) is 54.8. The molecule has 334 valence electrons. The van der Waals surface area contributed by atoms with Gasteiger partial charge in [-0.1, -0.05) is 156 Å². The highest BCUT2D eigenvalue weighted by Crippen LogP contribution is 2.65. The summed E-state index contributed by atoms with van der Waals surface area (Å²) in [5, 5.41) is 41.0. The first-order valence-corrected chi connectivity index (χ1v) is 24.7. The summed E-state index contributed by atoms with van der Waals surface area (Å²) < 4.78 is 0. The highest BCUT2D eigenvalue weighted by molar-refractivity contribution is 7.99. The van der Waals surface area contributed by atoms with Crippen LogP contribution in [-0.2, 0) is 19.2 Å². The Labute approximate surface area is 360 Å². The van der Waals surface area contributed by atoms with E-state index in [4.69, 9.17) is 5.11 Å². The van der Waals surface area contributed by atoms with Gasteiger partial charge in [0, 0.05) is 17.7 Å². The van der Waals surface area contributed by atoms with Crippen LogP contribution in [0, 0.1) is 16.7 Å². The molecule has 3 fully saturated rings. The van der Waals surface area contributed by atoms with E-state index >= 15 is 0 Å². The standard InChI is InChI=1S/C48H79N3O7S/c1-5-9-13-17-19-23-28-45(26-21-15-11-7-3)43(57)50-47(45)33-36(42(56)49-37-31-39(53)40(32-38(37)52)59-30-25-41(54)55)34-48(35-47)46(44(58)51-48,27-22-16-12-8-4)29-24-20-18-14-10-6-2/h31-32,36,52-53H,5-30,33-35H2,1-4H3,(H,49,56)(H,50,57)(H,51,58)(H,54,55). The predicted octanol–water partition coefficient (Wildman–Crippen LogP) is 11.6. The van der Waals surface area contributed by atoms with Crippen molar-refractivity contribution >= 4 is 41.1 Å². The Bertz CT molecular complexity index is 1470. The molecule has 4 unspecified atom stereocenters. The van der Waals surface area contributed by atoms with Gasteiger partial charge < -0.3 is 31.3 Å². The SMILES string of the molecule is CCCCCCCCC1(CCCCCC)C(=O)NC12CC(C(=O)Nc1cc(O)c(SCCC(=O)O)cc1O)CC1(C2)NC(=O)C1(CCCCCC)CCCCCCCC. The molecule has 1 aromatic rings. The number of benzene rings is 1. The van der Waals surface area contributed by atoms with Crippen LogP contribution < -0.4 is 16.0 Å². The Balaban J connectivity index is 1.73. The predicted molar refractivity (Wildman–Crippen MR) is 239 cm³/mol. The number of aromatic hydroxyl groups is 2. The first kappa shape index (κ1) is 48.7. The number of amides is 3. The Kier molecular flexibility index (Phi) is 19.3. The molecule has 2 spiro atoms. The third-order valence-corrected chi connectivity index (χ3v) is 15.4. The second kappa shape index (κ2) is 23.3. The topological polar surface area (TPSA) is 165 Å². The lowest BCUT2D eigenvalue weighted by Crippen LogP contribution is -2.87. The molecule has 2 saturated heterocycles. The van der Waals surface area contributed by atoms with E-state index in [1.807, 2.05) is 0 Å². The minimum atomic E-state index is -0.952. The lowest BCUT2D eigenvalue weighted by Gasteiger charge is -2.70. The number of hydrogen-bond donors (Lipinski definition) is 6. The van der Waals surface area contributed by atoms with Crippen molar-refractivity contribution in [1.82, 2.24) is 10.6 Å². The largest absolute Gasteiger partial charge is 0.507 e. The van der Waals surface area contributed by atoms with Crippen LogP contribution in [0.15, 0.2) is 17.0 Å². The molecule has 4 rings (SSSR count). The Morgan fingerprint density at radius 2 is 1.05 bits per heavy atom. The number of anilines is 1. The number of carbonyl (C=O) groups is 4. The zero-order valence-electron chi connectivity index (χ0n) is 37.1. The Morgan fingerprint density at radius 3 is 1.46 bits per heavy atom. The van der Waals surface area contributed by atoms with Gasteiger partial charge in [-0.15, -0.1) is 11.8 Å². The van der Waals surface area contributed by atoms with Gasteiger partial charge in [-0.05, 0) is 51.0 Å². The number of nitrogens with one attached hydrogen (secondary N) is 3.